The molecule has 0 unspecified atom stereocenters. The number of benzene rings is 2. The lowest BCUT2D eigenvalue weighted by Gasteiger charge is -2.18. The van der Waals surface area contributed by atoms with Gasteiger partial charge in [-0.15, -0.1) is 0 Å². The Hall–Kier alpha value is -2.44. The fourth-order valence-electron chi connectivity index (χ4n) is 2.30. The molecule has 0 saturated carbocycles. The lowest BCUT2D eigenvalue weighted by Crippen LogP contribution is -2.30. The van der Waals surface area contributed by atoms with Gasteiger partial charge in [0.1, 0.15) is 0 Å². The summed E-state index contributed by atoms with van der Waals surface area (Å²) in [5, 5.41) is 0. The molecule has 2 rings (SSSR count). The molecule has 1 atom stereocenters. The minimum Gasteiger partial charge on any atom is -0.504 e. The first-order valence-electron chi connectivity index (χ1n) is 7.78. The molecule has 2 aromatic rings. The van der Waals surface area contributed by atoms with E-state index in [2.05, 4.69) is 4.72 Å². The fraction of sp³-hybridized carbons (Fsp3) is 0.211. The van der Waals surface area contributed by atoms with Crippen LogP contribution in [0.2, 0.25) is 0 Å². The molecule has 0 aromatic heterocycles. The third-order valence-electron chi connectivity index (χ3n) is 3.63. The number of hydrogen-bond donors (Lipinski definition) is 1. The molecule has 0 fully saturated rings. The van der Waals surface area contributed by atoms with Gasteiger partial charge in [0.25, 0.3) is 0 Å². The Morgan fingerprint density at radius 1 is 1.12 bits per heavy atom. The largest absolute Gasteiger partial charge is 0.504 e. The number of aryl methyl sites for hydroxylation is 1. The van der Waals surface area contributed by atoms with Crippen LogP contribution >= 0.6 is 0 Å². The number of ketones is 1. The Balaban J connectivity index is 2.27. The van der Waals surface area contributed by atoms with Crippen molar-refractivity contribution in [1.82, 2.24) is 4.72 Å². The van der Waals surface area contributed by atoms with Gasteiger partial charge < -0.3 is 4.74 Å². The van der Waals surface area contributed by atoms with Crippen LogP contribution in [0, 0.1) is 6.92 Å². The maximum atomic E-state index is 12.7. The van der Waals surface area contributed by atoms with Crippen LogP contribution in [-0.4, -0.2) is 21.3 Å². The van der Waals surface area contributed by atoms with E-state index in [4.69, 9.17) is 4.74 Å². The van der Waals surface area contributed by atoms with Crippen LogP contribution in [0.25, 0.3) is 0 Å². The number of ether oxygens (including phenoxy) is 1. The predicted octanol–water partition coefficient (Wildman–Crippen LogP) is 3.13. The normalized spacial score (nSPS) is 12.9. The first kappa shape index (κ1) is 18.9. The van der Waals surface area contributed by atoms with Crippen molar-refractivity contribution in [1.29, 1.82) is 0 Å². The van der Waals surface area contributed by atoms with E-state index in [0.29, 0.717) is 0 Å². The van der Waals surface area contributed by atoms with E-state index in [1.165, 1.54) is 19.4 Å². The number of methoxy groups -OCH3 is 1. The molecule has 0 aliphatic carbocycles. The zero-order valence-corrected chi connectivity index (χ0v) is 15.0. The summed E-state index contributed by atoms with van der Waals surface area (Å²) in [5.74, 6) is -0.234. The van der Waals surface area contributed by atoms with E-state index in [-0.39, 0.29) is 17.1 Å². The molecule has 0 radical (unpaired) electrons. The van der Waals surface area contributed by atoms with E-state index >= 15 is 0 Å². The molecule has 1 N–H and O–H groups in total. The highest BCUT2D eigenvalue weighted by Gasteiger charge is 2.23. The summed E-state index contributed by atoms with van der Waals surface area (Å²) in [6.07, 6.45) is 2.56. The number of nitrogens with one attached hydrogen (secondary N) is 1. The maximum Gasteiger partial charge on any atom is 0.241 e. The van der Waals surface area contributed by atoms with Crippen LogP contribution < -0.4 is 4.72 Å². The molecular weight excluding hydrogens is 338 g/mol. The van der Waals surface area contributed by atoms with Gasteiger partial charge in [0.05, 0.1) is 24.3 Å². The molecule has 2 aromatic carbocycles. The quantitative estimate of drug-likeness (QED) is 0.580. The third kappa shape index (κ3) is 5.55. The lowest BCUT2D eigenvalue weighted by atomic mass is 10.0. The summed E-state index contributed by atoms with van der Waals surface area (Å²) in [7, 11) is -2.31. The van der Waals surface area contributed by atoms with Crippen molar-refractivity contribution >= 4 is 15.8 Å². The van der Waals surface area contributed by atoms with Crippen molar-refractivity contribution < 1.29 is 17.9 Å². The van der Waals surface area contributed by atoms with Gasteiger partial charge in [0.2, 0.25) is 10.0 Å². The zero-order valence-electron chi connectivity index (χ0n) is 14.2. The highest BCUT2D eigenvalue weighted by Crippen LogP contribution is 2.21. The van der Waals surface area contributed by atoms with E-state index in [0.717, 1.165) is 11.1 Å². The fourth-order valence-corrected chi connectivity index (χ4v) is 3.52. The van der Waals surface area contributed by atoms with Crippen molar-refractivity contribution in [3.8, 4) is 0 Å². The van der Waals surface area contributed by atoms with Crippen LogP contribution in [0.15, 0.2) is 71.8 Å². The van der Waals surface area contributed by atoms with E-state index in [1.807, 2.05) is 13.0 Å². The molecule has 0 amide bonds. The van der Waals surface area contributed by atoms with E-state index < -0.39 is 16.1 Å². The van der Waals surface area contributed by atoms with Gasteiger partial charge >= 0.3 is 0 Å². The molecule has 5 nitrogen and oxygen atoms in total. The average Bonchev–Trinajstić information content (AvgIpc) is 2.60. The van der Waals surface area contributed by atoms with E-state index in [9.17, 15) is 13.2 Å². The second kappa shape index (κ2) is 8.60. The number of sulfonamides is 1. The van der Waals surface area contributed by atoms with Crippen molar-refractivity contribution in [3.63, 3.8) is 0 Å². The summed E-state index contributed by atoms with van der Waals surface area (Å²) in [6.45, 7) is 1.89. The molecule has 25 heavy (non-hydrogen) atoms. The van der Waals surface area contributed by atoms with Gasteiger partial charge in [-0.3, -0.25) is 4.79 Å². The van der Waals surface area contributed by atoms with Crippen molar-refractivity contribution in [2.75, 3.05) is 7.11 Å². The maximum absolute atomic E-state index is 12.7. The second-order valence-corrected chi connectivity index (χ2v) is 7.32. The van der Waals surface area contributed by atoms with Gasteiger partial charge in [0.15, 0.2) is 5.78 Å². The molecule has 6 heteroatoms. The lowest BCUT2D eigenvalue weighted by molar-refractivity contribution is -0.115. The Morgan fingerprint density at radius 3 is 2.36 bits per heavy atom. The van der Waals surface area contributed by atoms with Crippen LogP contribution in [0.3, 0.4) is 0 Å². The van der Waals surface area contributed by atoms with Crippen LogP contribution in [0.1, 0.15) is 23.6 Å². The van der Waals surface area contributed by atoms with Crippen molar-refractivity contribution in [3.05, 3.63) is 78.1 Å². The number of carbonyl (C=O) groups is 1. The highest BCUT2D eigenvalue weighted by atomic mass is 32.2. The highest BCUT2D eigenvalue weighted by molar-refractivity contribution is 7.89. The molecule has 0 spiro atoms. The third-order valence-corrected chi connectivity index (χ3v) is 5.11. The Bertz CT molecular complexity index is 827. The smallest absolute Gasteiger partial charge is 0.241 e. The summed E-state index contributed by atoms with van der Waals surface area (Å²) < 4.78 is 32.7. The Kier molecular flexibility index (Phi) is 6.50. The van der Waals surface area contributed by atoms with Gasteiger partial charge in [-0.2, -0.15) is 0 Å². The first-order chi connectivity index (χ1) is 11.9. The first-order valence-corrected chi connectivity index (χ1v) is 9.27. The zero-order chi connectivity index (χ0) is 18.3. The summed E-state index contributed by atoms with van der Waals surface area (Å²) >= 11 is 0. The predicted molar refractivity (Wildman–Crippen MR) is 96.5 cm³/mol. The minimum atomic E-state index is -3.75. The standard InChI is InChI=1S/C19H21NO4S/c1-15-8-10-18(11-9-15)25(22,23)20-19(14-17(21)12-13-24-2)16-6-4-3-5-7-16/h3-13,19-20H,14H2,1-2H3/b13-12+/t19-/m1/s1. The molecule has 0 saturated heterocycles. The van der Waals surface area contributed by atoms with Crippen LogP contribution in [-0.2, 0) is 19.6 Å². The van der Waals surface area contributed by atoms with Crippen molar-refractivity contribution in [2.24, 2.45) is 0 Å². The number of hydrogen-bond acceptors (Lipinski definition) is 4. The summed E-state index contributed by atoms with van der Waals surface area (Å²) in [5.41, 5.74) is 1.69. The van der Waals surface area contributed by atoms with Gasteiger partial charge in [-0.1, -0.05) is 48.0 Å². The van der Waals surface area contributed by atoms with E-state index in [1.54, 1.807) is 48.5 Å². The number of carbonyl (C=O) groups excluding carboxylic acids is 1. The molecule has 0 heterocycles. The second-order valence-electron chi connectivity index (χ2n) is 5.61. The monoisotopic (exact) mass is 359 g/mol. The average molecular weight is 359 g/mol. The van der Waals surface area contributed by atoms with Crippen molar-refractivity contribution in [2.45, 2.75) is 24.3 Å². The molecular formula is C19H21NO4S. The summed E-state index contributed by atoms with van der Waals surface area (Å²) in [4.78, 5) is 12.2. The Labute approximate surface area is 148 Å². The SMILES string of the molecule is CO/C=C/C(=O)C[C@@H](NS(=O)(=O)c1ccc(C)cc1)c1ccccc1. The number of allylic oxidation sites excluding steroid dienone is 1. The Morgan fingerprint density at radius 2 is 1.76 bits per heavy atom. The van der Waals surface area contributed by atoms with Crippen LogP contribution in [0.5, 0.6) is 0 Å². The van der Waals surface area contributed by atoms with Crippen LogP contribution in [0.4, 0.5) is 0 Å². The molecule has 0 aliphatic rings. The van der Waals surface area contributed by atoms with Gasteiger partial charge in [-0.05, 0) is 24.6 Å². The molecule has 0 bridgehead atoms. The summed E-state index contributed by atoms with van der Waals surface area (Å²) in [6, 6.07) is 14.9. The topological polar surface area (TPSA) is 72.5 Å². The minimum absolute atomic E-state index is 0.00500. The number of rotatable bonds is 8. The van der Waals surface area contributed by atoms with Gasteiger partial charge in [0, 0.05) is 12.5 Å². The van der Waals surface area contributed by atoms with Gasteiger partial charge in [-0.25, -0.2) is 13.1 Å². The molecule has 0 aliphatic heterocycles. The molecule has 132 valence electrons.